The highest BCUT2D eigenvalue weighted by Gasteiger charge is 2.25. The molecule has 0 saturated carbocycles. The smallest absolute Gasteiger partial charge is 0.336 e. The van der Waals surface area contributed by atoms with Crippen molar-refractivity contribution in [1.82, 2.24) is 19.5 Å². The number of anilines is 1. The Morgan fingerprint density at radius 1 is 1.31 bits per heavy atom. The number of carboxylic acid groups (broad SMARTS) is 1. The standard InChI is InChI=1S/C18H19N5O3/c1-11-10-20-15(9-13(11)17(24)25)22-7-4-12(5-8-22)23-14-3-2-6-19-16(14)21-18(23)26/h2-3,6,9-10,12H,4-5,7-8H2,1H3,(H,24,25)(H,19,21,26). The van der Waals surface area contributed by atoms with Crippen LogP contribution in [0.25, 0.3) is 11.2 Å². The molecular formula is C18H19N5O3. The number of aromatic nitrogens is 4. The molecule has 1 saturated heterocycles. The second kappa shape index (κ2) is 6.29. The SMILES string of the molecule is Cc1cnc(N2CCC(n3c(=O)[nH]c4ncccc43)CC2)cc1C(=O)O. The number of aromatic carboxylic acids is 1. The molecule has 0 radical (unpaired) electrons. The lowest BCUT2D eigenvalue weighted by atomic mass is 10.0. The fraction of sp³-hybridized carbons (Fsp3) is 0.333. The van der Waals surface area contributed by atoms with Crippen molar-refractivity contribution in [2.75, 3.05) is 18.0 Å². The number of hydrogen-bond donors (Lipinski definition) is 2. The molecule has 4 rings (SSSR count). The van der Waals surface area contributed by atoms with Gasteiger partial charge in [-0.15, -0.1) is 0 Å². The molecular weight excluding hydrogens is 334 g/mol. The van der Waals surface area contributed by atoms with Crippen LogP contribution in [0.15, 0.2) is 35.4 Å². The van der Waals surface area contributed by atoms with Gasteiger partial charge < -0.3 is 10.0 Å². The molecule has 8 heteroatoms. The van der Waals surface area contributed by atoms with Gasteiger partial charge in [0.2, 0.25) is 0 Å². The molecule has 0 amide bonds. The number of hydrogen-bond acceptors (Lipinski definition) is 5. The molecule has 0 aliphatic carbocycles. The summed E-state index contributed by atoms with van der Waals surface area (Å²) in [6.45, 7) is 3.16. The number of aromatic amines is 1. The van der Waals surface area contributed by atoms with Gasteiger partial charge in [0.25, 0.3) is 0 Å². The number of piperidine rings is 1. The van der Waals surface area contributed by atoms with Gasteiger partial charge in [-0.3, -0.25) is 9.55 Å². The fourth-order valence-corrected chi connectivity index (χ4v) is 3.59. The van der Waals surface area contributed by atoms with Gasteiger partial charge in [0.05, 0.1) is 11.1 Å². The van der Waals surface area contributed by atoms with Gasteiger partial charge in [0.15, 0.2) is 5.65 Å². The molecule has 3 aromatic rings. The summed E-state index contributed by atoms with van der Waals surface area (Å²) in [5.41, 5.74) is 2.20. The molecule has 1 aliphatic rings. The second-order valence-corrected chi connectivity index (χ2v) is 6.55. The Morgan fingerprint density at radius 2 is 2.08 bits per heavy atom. The Balaban J connectivity index is 1.56. The van der Waals surface area contributed by atoms with E-state index in [1.807, 2.05) is 12.1 Å². The van der Waals surface area contributed by atoms with Crippen LogP contribution < -0.4 is 10.6 Å². The van der Waals surface area contributed by atoms with Crippen LogP contribution in [0.4, 0.5) is 5.82 Å². The minimum atomic E-state index is -0.945. The van der Waals surface area contributed by atoms with E-state index in [4.69, 9.17) is 0 Å². The minimum Gasteiger partial charge on any atom is -0.478 e. The molecule has 0 aromatic carbocycles. The van der Waals surface area contributed by atoms with Crippen molar-refractivity contribution in [2.24, 2.45) is 0 Å². The first-order valence-corrected chi connectivity index (χ1v) is 8.54. The monoisotopic (exact) mass is 353 g/mol. The highest BCUT2D eigenvalue weighted by Crippen LogP contribution is 2.27. The van der Waals surface area contributed by atoms with Gasteiger partial charge in [-0.25, -0.2) is 19.6 Å². The van der Waals surface area contributed by atoms with E-state index in [0.717, 1.165) is 18.4 Å². The fourth-order valence-electron chi connectivity index (χ4n) is 3.59. The van der Waals surface area contributed by atoms with E-state index in [2.05, 4.69) is 19.9 Å². The summed E-state index contributed by atoms with van der Waals surface area (Å²) in [5, 5.41) is 9.29. The lowest BCUT2D eigenvalue weighted by Gasteiger charge is -2.33. The van der Waals surface area contributed by atoms with E-state index < -0.39 is 5.97 Å². The zero-order valence-electron chi connectivity index (χ0n) is 14.3. The van der Waals surface area contributed by atoms with E-state index in [0.29, 0.717) is 30.1 Å². The predicted molar refractivity (Wildman–Crippen MR) is 96.8 cm³/mol. The first-order valence-electron chi connectivity index (χ1n) is 8.54. The van der Waals surface area contributed by atoms with Crippen molar-refractivity contribution in [3.05, 3.63) is 52.2 Å². The molecule has 1 aliphatic heterocycles. The average Bonchev–Trinajstić information content (AvgIpc) is 2.98. The van der Waals surface area contributed by atoms with Crippen molar-refractivity contribution < 1.29 is 9.90 Å². The Morgan fingerprint density at radius 3 is 2.81 bits per heavy atom. The van der Waals surface area contributed by atoms with E-state index in [9.17, 15) is 14.7 Å². The number of carboxylic acids is 1. The number of nitrogens with zero attached hydrogens (tertiary/aromatic N) is 4. The average molecular weight is 353 g/mol. The van der Waals surface area contributed by atoms with Gasteiger partial charge in [-0.1, -0.05) is 0 Å². The molecule has 0 spiro atoms. The van der Waals surface area contributed by atoms with Crippen LogP contribution in [0.1, 0.15) is 34.8 Å². The van der Waals surface area contributed by atoms with Crippen LogP contribution in [-0.2, 0) is 0 Å². The van der Waals surface area contributed by atoms with E-state index in [1.165, 1.54) is 0 Å². The van der Waals surface area contributed by atoms with E-state index >= 15 is 0 Å². The van der Waals surface area contributed by atoms with Crippen LogP contribution in [0, 0.1) is 6.92 Å². The van der Waals surface area contributed by atoms with Crippen LogP contribution in [0.5, 0.6) is 0 Å². The molecule has 8 nitrogen and oxygen atoms in total. The summed E-state index contributed by atoms with van der Waals surface area (Å²) in [6.07, 6.45) is 4.81. The quantitative estimate of drug-likeness (QED) is 0.746. The Kier molecular flexibility index (Phi) is 3.95. The topological polar surface area (TPSA) is 104 Å². The lowest BCUT2D eigenvalue weighted by molar-refractivity contribution is 0.0696. The Hall–Kier alpha value is -3.16. The molecule has 0 unspecified atom stereocenters. The zero-order valence-corrected chi connectivity index (χ0v) is 14.3. The maximum absolute atomic E-state index is 12.3. The highest BCUT2D eigenvalue weighted by atomic mass is 16.4. The van der Waals surface area contributed by atoms with Crippen LogP contribution in [0.3, 0.4) is 0 Å². The third-order valence-corrected chi connectivity index (χ3v) is 4.96. The van der Waals surface area contributed by atoms with Crippen molar-refractivity contribution >= 4 is 23.0 Å². The largest absolute Gasteiger partial charge is 0.478 e. The van der Waals surface area contributed by atoms with Crippen molar-refractivity contribution in [3.63, 3.8) is 0 Å². The number of nitrogens with one attached hydrogen (secondary N) is 1. The number of imidazole rings is 1. The van der Waals surface area contributed by atoms with Gasteiger partial charge in [-0.2, -0.15) is 0 Å². The van der Waals surface area contributed by atoms with Gasteiger partial charge >= 0.3 is 11.7 Å². The lowest BCUT2D eigenvalue weighted by Crippen LogP contribution is -2.37. The van der Waals surface area contributed by atoms with Crippen molar-refractivity contribution in [3.8, 4) is 0 Å². The molecule has 3 aromatic heterocycles. The summed E-state index contributed by atoms with van der Waals surface area (Å²) >= 11 is 0. The van der Waals surface area contributed by atoms with Crippen LogP contribution in [0.2, 0.25) is 0 Å². The first kappa shape index (κ1) is 16.3. The molecule has 0 bridgehead atoms. The number of H-pyrrole nitrogens is 1. The number of carbonyl (C=O) groups is 1. The summed E-state index contributed by atoms with van der Waals surface area (Å²) in [4.78, 5) is 37.1. The Bertz CT molecular complexity index is 1030. The van der Waals surface area contributed by atoms with Gasteiger partial charge in [-0.05, 0) is 43.5 Å². The number of pyridine rings is 2. The van der Waals surface area contributed by atoms with Crippen molar-refractivity contribution in [2.45, 2.75) is 25.8 Å². The third kappa shape index (κ3) is 2.73. The summed E-state index contributed by atoms with van der Waals surface area (Å²) in [5.74, 6) is -0.279. The maximum atomic E-state index is 12.3. The number of fused-ring (bicyclic) bond motifs is 1. The molecule has 26 heavy (non-hydrogen) atoms. The molecule has 134 valence electrons. The number of aryl methyl sites for hydroxylation is 1. The number of rotatable bonds is 3. The normalized spacial score (nSPS) is 15.5. The molecule has 2 N–H and O–H groups in total. The van der Waals surface area contributed by atoms with Crippen LogP contribution >= 0.6 is 0 Å². The highest BCUT2D eigenvalue weighted by molar-refractivity contribution is 5.90. The maximum Gasteiger partial charge on any atom is 0.336 e. The minimum absolute atomic E-state index is 0.0843. The van der Waals surface area contributed by atoms with Crippen LogP contribution in [-0.4, -0.2) is 43.7 Å². The van der Waals surface area contributed by atoms with Crippen molar-refractivity contribution in [1.29, 1.82) is 0 Å². The molecule has 1 fully saturated rings. The van der Waals surface area contributed by atoms with E-state index in [1.54, 1.807) is 30.0 Å². The van der Waals surface area contributed by atoms with Gasteiger partial charge in [0.1, 0.15) is 5.82 Å². The first-order chi connectivity index (χ1) is 12.5. The summed E-state index contributed by atoms with van der Waals surface area (Å²) in [7, 11) is 0. The zero-order chi connectivity index (χ0) is 18.3. The molecule has 0 atom stereocenters. The van der Waals surface area contributed by atoms with Gasteiger partial charge in [0, 0.05) is 31.5 Å². The predicted octanol–water partition coefficient (Wildman–Crippen LogP) is 1.97. The Labute approximate surface area is 149 Å². The summed E-state index contributed by atoms with van der Waals surface area (Å²) in [6, 6.07) is 5.43. The third-order valence-electron chi connectivity index (χ3n) is 4.96. The molecule has 4 heterocycles. The van der Waals surface area contributed by atoms with E-state index in [-0.39, 0.29) is 17.3 Å². The second-order valence-electron chi connectivity index (χ2n) is 6.55. The summed E-state index contributed by atoms with van der Waals surface area (Å²) < 4.78 is 1.78.